The van der Waals surface area contributed by atoms with Crippen molar-refractivity contribution in [3.05, 3.63) is 83.2 Å². The van der Waals surface area contributed by atoms with E-state index in [2.05, 4.69) is 25.6 Å². The lowest BCUT2D eigenvalue weighted by atomic mass is 10.1. The molecule has 2 heterocycles. The fourth-order valence-corrected chi connectivity index (χ4v) is 3.50. The molecule has 0 aliphatic carbocycles. The van der Waals surface area contributed by atoms with Gasteiger partial charge in [0.1, 0.15) is 29.6 Å². The van der Waals surface area contributed by atoms with Gasteiger partial charge in [0.25, 0.3) is 5.91 Å². The fraction of sp³-hybridized carbons (Fsp3) is 0.0800. The summed E-state index contributed by atoms with van der Waals surface area (Å²) in [6.45, 7) is 0. The third-order valence-electron chi connectivity index (χ3n) is 5.01. The van der Waals surface area contributed by atoms with Crippen molar-refractivity contribution in [2.45, 2.75) is 0 Å². The van der Waals surface area contributed by atoms with Gasteiger partial charge in [-0.05, 0) is 48.5 Å². The standard InChI is InChI=1S/C25H19ClFN7O/c1-34(2)23-12-21-18(24(31-14-30-21)32-17-6-7-20(27)19(26)10-17)11-22(23)33-25(35)15(13-28)9-16-5-3-4-8-29-16/h3-12,14H,1-2H3,(H,33,35)(H,30,31,32). The molecule has 0 unspecified atom stereocenters. The second-order valence-electron chi connectivity index (χ2n) is 7.64. The maximum Gasteiger partial charge on any atom is 0.266 e. The van der Waals surface area contributed by atoms with E-state index < -0.39 is 11.7 Å². The molecular weight excluding hydrogens is 469 g/mol. The first-order valence-corrected chi connectivity index (χ1v) is 10.8. The summed E-state index contributed by atoms with van der Waals surface area (Å²) in [5.74, 6) is -0.683. The highest BCUT2D eigenvalue weighted by molar-refractivity contribution is 6.31. The molecule has 0 atom stereocenters. The molecule has 0 aliphatic rings. The molecule has 10 heteroatoms. The van der Waals surface area contributed by atoms with Gasteiger partial charge in [0.2, 0.25) is 0 Å². The number of anilines is 4. The van der Waals surface area contributed by atoms with Crippen LogP contribution < -0.4 is 15.5 Å². The molecule has 0 radical (unpaired) electrons. The number of nitrogens with zero attached hydrogens (tertiary/aromatic N) is 5. The summed E-state index contributed by atoms with van der Waals surface area (Å²) >= 11 is 5.90. The van der Waals surface area contributed by atoms with Crippen LogP contribution in [0.2, 0.25) is 5.02 Å². The third kappa shape index (κ3) is 5.34. The van der Waals surface area contributed by atoms with Crippen LogP contribution >= 0.6 is 11.6 Å². The largest absolute Gasteiger partial charge is 0.376 e. The van der Waals surface area contributed by atoms with E-state index in [1.165, 1.54) is 30.6 Å². The SMILES string of the molecule is CN(C)c1cc2ncnc(Nc3ccc(F)c(Cl)c3)c2cc1NC(=O)C(C#N)=Cc1ccccn1. The third-order valence-corrected chi connectivity index (χ3v) is 5.30. The number of aromatic nitrogens is 3. The molecule has 174 valence electrons. The van der Waals surface area contributed by atoms with Gasteiger partial charge in [0.05, 0.1) is 27.6 Å². The normalized spacial score (nSPS) is 11.1. The maximum atomic E-state index is 13.6. The number of nitriles is 1. The van der Waals surface area contributed by atoms with Gasteiger partial charge < -0.3 is 15.5 Å². The van der Waals surface area contributed by atoms with Gasteiger partial charge in [-0.1, -0.05) is 17.7 Å². The van der Waals surface area contributed by atoms with E-state index in [1.807, 2.05) is 25.1 Å². The zero-order valence-electron chi connectivity index (χ0n) is 18.8. The van der Waals surface area contributed by atoms with Gasteiger partial charge in [-0.2, -0.15) is 5.26 Å². The number of halogens is 2. The summed E-state index contributed by atoms with van der Waals surface area (Å²) in [5, 5.41) is 16.0. The molecule has 2 aromatic heterocycles. The lowest BCUT2D eigenvalue weighted by Crippen LogP contribution is -2.18. The molecule has 8 nitrogen and oxygen atoms in total. The Bertz CT molecular complexity index is 1480. The minimum atomic E-state index is -0.586. The Hall–Kier alpha value is -4.55. The number of hydrogen-bond acceptors (Lipinski definition) is 7. The summed E-state index contributed by atoms with van der Waals surface area (Å²) in [4.78, 5) is 27.5. The van der Waals surface area contributed by atoms with Crippen molar-refractivity contribution < 1.29 is 9.18 Å². The number of carbonyl (C=O) groups excluding carboxylic acids is 1. The van der Waals surface area contributed by atoms with Gasteiger partial charge >= 0.3 is 0 Å². The average molecular weight is 488 g/mol. The number of benzene rings is 2. The lowest BCUT2D eigenvalue weighted by Gasteiger charge is -2.19. The topological polar surface area (TPSA) is 107 Å². The molecule has 4 aromatic rings. The van der Waals surface area contributed by atoms with Crippen LogP contribution in [0.4, 0.5) is 27.3 Å². The van der Waals surface area contributed by atoms with Crippen molar-refractivity contribution in [1.29, 1.82) is 5.26 Å². The zero-order valence-corrected chi connectivity index (χ0v) is 19.5. The van der Waals surface area contributed by atoms with Gasteiger partial charge in [-0.25, -0.2) is 14.4 Å². The Labute approximate surface area is 205 Å². The fourth-order valence-electron chi connectivity index (χ4n) is 3.32. The van der Waals surface area contributed by atoms with E-state index in [1.54, 1.807) is 36.5 Å². The average Bonchev–Trinajstić information content (AvgIpc) is 2.85. The molecule has 1 amide bonds. The number of amides is 1. The molecule has 0 saturated carbocycles. The van der Waals surface area contributed by atoms with E-state index in [0.717, 1.165) is 0 Å². The van der Waals surface area contributed by atoms with Gasteiger partial charge in [0, 0.05) is 31.4 Å². The van der Waals surface area contributed by atoms with E-state index in [9.17, 15) is 14.4 Å². The first-order chi connectivity index (χ1) is 16.9. The second kappa shape index (κ2) is 10.2. The highest BCUT2D eigenvalue weighted by Crippen LogP contribution is 2.34. The molecule has 35 heavy (non-hydrogen) atoms. The van der Waals surface area contributed by atoms with Crippen LogP contribution in [0.25, 0.3) is 17.0 Å². The number of pyridine rings is 1. The van der Waals surface area contributed by atoms with Crippen molar-refractivity contribution >= 4 is 57.4 Å². The lowest BCUT2D eigenvalue weighted by molar-refractivity contribution is -0.112. The molecule has 0 saturated heterocycles. The number of hydrogen-bond donors (Lipinski definition) is 2. The minimum Gasteiger partial charge on any atom is -0.376 e. The van der Waals surface area contributed by atoms with Gasteiger partial charge in [-0.15, -0.1) is 0 Å². The molecule has 2 aromatic carbocycles. The van der Waals surface area contributed by atoms with Crippen molar-refractivity contribution in [2.24, 2.45) is 0 Å². The van der Waals surface area contributed by atoms with Crippen LogP contribution in [0, 0.1) is 17.1 Å². The minimum absolute atomic E-state index is 0.0278. The van der Waals surface area contributed by atoms with Crippen LogP contribution in [0.3, 0.4) is 0 Å². The number of fused-ring (bicyclic) bond motifs is 1. The molecular formula is C25H19ClFN7O. The van der Waals surface area contributed by atoms with Crippen LogP contribution in [-0.4, -0.2) is 35.0 Å². The number of carbonyl (C=O) groups is 1. The summed E-state index contributed by atoms with van der Waals surface area (Å²) in [6, 6.07) is 14.9. The summed E-state index contributed by atoms with van der Waals surface area (Å²) in [6.07, 6.45) is 4.39. The van der Waals surface area contributed by atoms with Gasteiger partial charge in [-0.3, -0.25) is 9.78 Å². The van der Waals surface area contributed by atoms with Crippen molar-refractivity contribution in [3.8, 4) is 6.07 Å². The first kappa shape index (κ1) is 23.6. The summed E-state index contributed by atoms with van der Waals surface area (Å²) in [5.41, 5.74) is 2.66. The molecule has 0 bridgehead atoms. The van der Waals surface area contributed by atoms with E-state index in [4.69, 9.17) is 11.6 Å². The predicted molar refractivity (Wildman–Crippen MR) is 135 cm³/mol. The Morgan fingerprint density at radius 1 is 1.14 bits per heavy atom. The molecule has 4 rings (SSSR count). The van der Waals surface area contributed by atoms with Crippen LogP contribution in [0.15, 0.2) is 66.6 Å². The Balaban J connectivity index is 1.73. The molecule has 2 N–H and O–H groups in total. The van der Waals surface area contributed by atoms with Crippen molar-refractivity contribution in [1.82, 2.24) is 15.0 Å². The van der Waals surface area contributed by atoms with Crippen molar-refractivity contribution in [2.75, 3.05) is 29.6 Å². The Morgan fingerprint density at radius 3 is 2.66 bits per heavy atom. The van der Waals surface area contributed by atoms with Crippen LogP contribution in [0.1, 0.15) is 5.69 Å². The Morgan fingerprint density at radius 2 is 1.97 bits per heavy atom. The number of nitrogens with one attached hydrogen (secondary N) is 2. The maximum absolute atomic E-state index is 13.6. The summed E-state index contributed by atoms with van der Waals surface area (Å²) < 4.78 is 13.6. The first-order valence-electron chi connectivity index (χ1n) is 10.4. The van der Waals surface area contributed by atoms with E-state index in [-0.39, 0.29) is 10.6 Å². The number of rotatable bonds is 6. The van der Waals surface area contributed by atoms with Crippen molar-refractivity contribution in [3.63, 3.8) is 0 Å². The van der Waals surface area contributed by atoms with Gasteiger partial charge in [0.15, 0.2) is 0 Å². The molecule has 0 aliphatic heterocycles. The monoisotopic (exact) mass is 487 g/mol. The van der Waals surface area contributed by atoms with Crippen LogP contribution in [-0.2, 0) is 4.79 Å². The zero-order chi connectivity index (χ0) is 24.9. The highest BCUT2D eigenvalue weighted by atomic mass is 35.5. The second-order valence-corrected chi connectivity index (χ2v) is 8.04. The van der Waals surface area contributed by atoms with E-state index in [0.29, 0.717) is 39.5 Å². The molecule has 0 fully saturated rings. The summed E-state index contributed by atoms with van der Waals surface area (Å²) in [7, 11) is 3.65. The highest BCUT2D eigenvalue weighted by Gasteiger charge is 2.16. The smallest absolute Gasteiger partial charge is 0.266 e. The van der Waals surface area contributed by atoms with Crippen LogP contribution in [0.5, 0.6) is 0 Å². The quantitative estimate of drug-likeness (QED) is 0.285. The Kier molecular flexibility index (Phi) is 6.85. The predicted octanol–water partition coefficient (Wildman–Crippen LogP) is 5.17. The molecule has 0 spiro atoms. The van der Waals surface area contributed by atoms with E-state index >= 15 is 0 Å².